The van der Waals surface area contributed by atoms with Crippen LogP contribution in [-0.2, 0) is 6.42 Å². The smallest absolute Gasteiger partial charge is 0.253 e. The molecule has 1 heterocycles. The second-order valence-electron chi connectivity index (χ2n) is 10.2. The fourth-order valence-electron chi connectivity index (χ4n) is 5.59. The van der Waals surface area contributed by atoms with E-state index in [0.29, 0.717) is 30.7 Å². The van der Waals surface area contributed by atoms with Crippen LogP contribution in [0.2, 0.25) is 0 Å². The summed E-state index contributed by atoms with van der Waals surface area (Å²) in [5, 5.41) is 10.3. The molecule has 1 amide bonds. The lowest BCUT2D eigenvalue weighted by atomic mass is 9.92. The molecule has 3 aromatic carbocycles. The molecule has 3 aromatic rings. The van der Waals surface area contributed by atoms with E-state index >= 15 is 0 Å². The summed E-state index contributed by atoms with van der Waals surface area (Å²) >= 11 is 0. The van der Waals surface area contributed by atoms with Gasteiger partial charge >= 0.3 is 0 Å². The summed E-state index contributed by atoms with van der Waals surface area (Å²) in [5.74, 6) is 0.345. The Bertz CT molecular complexity index is 1140. The van der Waals surface area contributed by atoms with Gasteiger partial charge in [0.15, 0.2) is 0 Å². The van der Waals surface area contributed by atoms with Gasteiger partial charge in [0.05, 0.1) is 6.04 Å². The van der Waals surface area contributed by atoms with E-state index in [1.807, 2.05) is 43.0 Å². The average molecular weight is 500 g/mol. The molecule has 196 valence electrons. The molecule has 4 rings (SSSR count). The highest BCUT2D eigenvalue weighted by atomic mass is 16.3. The van der Waals surface area contributed by atoms with Crippen molar-refractivity contribution in [1.29, 1.82) is 0 Å². The van der Waals surface area contributed by atoms with Crippen LogP contribution in [0.4, 0.5) is 0 Å². The third-order valence-corrected chi connectivity index (χ3v) is 7.74. The minimum Gasteiger partial charge on any atom is -0.508 e. The van der Waals surface area contributed by atoms with Gasteiger partial charge in [-0.3, -0.25) is 14.6 Å². The molecule has 1 fully saturated rings. The summed E-state index contributed by atoms with van der Waals surface area (Å²) < 4.78 is 0. The number of piperazine rings is 1. The molecule has 0 saturated carbocycles. The standard InChI is InChI=1S/C32H41N3O2/c1-5-33(6-2)32(37)28-17-15-27(16-18-28)31(29-13-10-14-30(36)21-29)35-23-24(3)34(22-25(35)4)20-19-26-11-8-7-9-12-26/h7-18,21,24-25,31,36H,5-6,19-20,22-23H2,1-4H3. The first kappa shape index (κ1) is 26.9. The van der Waals surface area contributed by atoms with Crippen molar-refractivity contribution in [1.82, 2.24) is 14.7 Å². The van der Waals surface area contributed by atoms with Gasteiger partial charge in [0.2, 0.25) is 0 Å². The molecule has 0 aromatic heterocycles. The fraction of sp³-hybridized carbons (Fsp3) is 0.406. The van der Waals surface area contributed by atoms with Crippen molar-refractivity contribution in [3.63, 3.8) is 0 Å². The van der Waals surface area contributed by atoms with Gasteiger partial charge in [-0.15, -0.1) is 0 Å². The molecule has 1 aliphatic rings. The molecular weight excluding hydrogens is 458 g/mol. The summed E-state index contributed by atoms with van der Waals surface area (Å²) in [6.45, 7) is 13.0. The first-order chi connectivity index (χ1) is 17.9. The number of carbonyl (C=O) groups excluding carboxylic acids is 1. The van der Waals surface area contributed by atoms with Gasteiger partial charge in [-0.1, -0.05) is 54.6 Å². The number of nitrogens with zero attached hydrogens (tertiary/aromatic N) is 3. The van der Waals surface area contributed by atoms with E-state index in [4.69, 9.17) is 0 Å². The number of hydrogen-bond acceptors (Lipinski definition) is 4. The van der Waals surface area contributed by atoms with Crippen molar-refractivity contribution in [2.45, 2.75) is 52.2 Å². The summed E-state index contributed by atoms with van der Waals surface area (Å²) in [6.07, 6.45) is 1.05. The van der Waals surface area contributed by atoms with Gasteiger partial charge in [-0.25, -0.2) is 0 Å². The lowest BCUT2D eigenvalue weighted by Crippen LogP contribution is -2.57. The van der Waals surface area contributed by atoms with E-state index < -0.39 is 0 Å². The van der Waals surface area contributed by atoms with Crippen LogP contribution in [0.15, 0.2) is 78.9 Å². The minimum atomic E-state index is -0.00145. The highest BCUT2D eigenvalue weighted by Gasteiger charge is 2.34. The molecule has 3 atom stereocenters. The van der Waals surface area contributed by atoms with E-state index in [1.54, 1.807) is 6.07 Å². The Morgan fingerprint density at radius 2 is 1.59 bits per heavy atom. The molecule has 0 bridgehead atoms. The average Bonchev–Trinajstić information content (AvgIpc) is 2.91. The van der Waals surface area contributed by atoms with Crippen molar-refractivity contribution in [2.75, 3.05) is 32.7 Å². The van der Waals surface area contributed by atoms with E-state index in [9.17, 15) is 9.90 Å². The van der Waals surface area contributed by atoms with Gasteiger partial charge in [0.1, 0.15) is 5.75 Å². The zero-order chi connectivity index (χ0) is 26.4. The SMILES string of the molecule is CCN(CC)C(=O)c1ccc(C(c2cccc(O)c2)N2CC(C)N(CCc3ccccc3)CC2C)cc1. The number of hydrogen-bond donors (Lipinski definition) is 1. The molecule has 3 unspecified atom stereocenters. The number of benzene rings is 3. The number of phenolic OH excluding ortho intramolecular Hbond substituents is 1. The van der Waals surface area contributed by atoms with Gasteiger partial charge in [0, 0.05) is 50.4 Å². The Hall–Kier alpha value is -3.15. The maximum absolute atomic E-state index is 12.9. The predicted molar refractivity (Wildman–Crippen MR) is 151 cm³/mol. The number of carbonyl (C=O) groups is 1. The number of aromatic hydroxyl groups is 1. The van der Waals surface area contributed by atoms with Crippen LogP contribution >= 0.6 is 0 Å². The minimum absolute atomic E-state index is 0.00145. The van der Waals surface area contributed by atoms with Crippen LogP contribution in [0.25, 0.3) is 0 Å². The molecular formula is C32H41N3O2. The van der Waals surface area contributed by atoms with E-state index in [0.717, 1.165) is 37.2 Å². The Balaban J connectivity index is 1.57. The van der Waals surface area contributed by atoms with Crippen LogP contribution in [0, 0.1) is 0 Å². The molecule has 1 N–H and O–H groups in total. The quantitative estimate of drug-likeness (QED) is 0.416. The van der Waals surface area contributed by atoms with Crippen LogP contribution in [0.3, 0.4) is 0 Å². The van der Waals surface area contributed by atoms with E-state index in [1.165, 1.54) is 5.56 Å². The largest absolute Gasteiger partial charge is 0.508 e. The summed E-state index contributed by atoms with van der Waals surface area (Å²) in [6, 6.07) is 27.1. The second-order valence-corrected chi connectivity index (χ2v) is 10.2. The van der Waals surface area contributed by atoms with Crippen LogP contribution < -0.4 is 0 Å². The molecule has 1 aliphatic heterocycles. The summed E-state index contributed by atoms with van der Waals surface area (Å²) in [5.41, 5.74) is 4.30. The van der Waals surface area contributed by atoms with Crippen LogP contribution in [0.1, 0.15) is 60.8 Å². The Kier molecular flexibility index (Phi) is 9.01. The zero-order valence-corrected chi connectivity index (χ0v) is 22.7. The van der Waals surface area contributed by atoms with E-state index in [-0.39, 0.29) is 17.7 Å². The van der Waals surface area contributed by atoms with Crippen LogP contribution in [0.5, 0.6) is 5.75 Å². The third kappa shape index (κ3) is 6.41. The Morgan fingerprint density at radius 3 is 2.24 bits per heavy atom. The predicted octanol–water partition coefficient (Wildman–Crippen LogP) is 5.60. The lowest BCUT2D eigenvalue weighted by molar-refractivity contribution is 0.0246. The summed E-state index contributed by atoms with van der Waals surface area (Å²) in [7, 11) is 0. The van der Waals surface area contributed by atoms with Crippen molar-refractivity contribution < 1.29 is 9.90 Å². The third-order valence-electron chi connectivity index (χ3n) is 7.74. The maximum atomic E-state index is 12.9. The van der Waals surface area contributed by atoms with Gasteiger partial charge in [-0.05, 0) is 75.1 Å². The lowest BCUT2D eigenvalue weighted by Gasteiger charge is -2.47. The number of rotatable bonds is 9. The van der Waals surface area contributed by atoms with Crippen molar-refractivity contribution in [2.24, 2.45) is 0 Å². The van der Waals surface area contributed by atoms with Gasteiger partial charge in [0.25, 0.3) is 5.91 Å². The second kappa shape index (κ2) is 12.4. The topological polar surface area (TPSA) is 47.0 Å². The molecule has 5 heteroatoms. The Labute approximate surface area is 222 Å². The monoisotopic (exact) mass is 499 g/mol. The maximum Gasteiger partial charge on any atom is 0.253 e. The number of amides is 1. The number of phenols is 1. The normalized spacial score (nSPS) is 19.5. The summed E-state index contributed by atoms with van der Waals surface area (Å²) in [4.78, 5) is 19.9. The molecule has 37 heavy (non-hydrogen) atoms. The van der Waals surface area contributed by atoms with Crippen molar-refractivity contribution >= 4 is 5.91 Å². The first-order valence-corrected chi connectivity index (χ1v) is 13.6. The van der Waals surface area contributed by atoms with Crippen molar-refractivity contribution in [3.8, 4) is 5.75 Å². The fourth-order valence-corrected chi connectivity index (χ4v) is 5.59. The zero-order valence-electron chi connectivity index (χ0n) is 22.7. The van der Waals surface area contributed by atoms with Gasteiger partial charge in [-0.2, -0.15) is 0 Å². The van der Waals surface area contributed by atoms with Crippen molar-refractivity contribution in [3.05, 3.63) is 101 Å². The van der Waals surface area contributed by atoms with Gasteiger partial charge < -0.3 is 10.0 Å². The molecule has 1 saturated heterocycles. The Morgan fingerprint density at radius 1 is 0.892 bits per heavy atom. The molecule has 0 aliphatic carbocycles. The highest BCUT2D eigenvalue weighted by Crippen LogP contribution is 2.34. The molecule has 5 nitrogen and oxygen atoms in total. The molecule has 0 radical (unpaired) electrons. The van der Waals surface area contributed by atoms with Crippen LogP contribution in [-0.4, -0.2) is 70.5 Å². The molecule has 0 spiro atoms. The first-order valence-electron chi connectivity index (χ1n) is 13.6. The highest BCUT2D eigenvalue weighted by molar-refractivity contribution is 5.94. The van der Waals surface area contributed by atoms with E-state index in [2.05, 4.69) is 72.2 Å².